The predicted molar refractivity (Wildman–Crippen MR) is 84.2 cm³/mol. The first kappa shape index (κ1) is 17.5. The fourth-order valence-electron chi connectivity index (χ4n) is 3.12. The molecule has 0 bridgehead atoms. The smallest absolute Gasteiger partial charge is 0.409 e. The molecule has 0 aromatic heterocycles. The van der Waals surface area contributed by atoms with Crippen LogP contribution in [0.3, 0.4) is 0 Å². The third-order valence-electron chi connectivity index (χ3n) is 4.53. The molecule has 1 saturated heterocycles. The van der Waals surface area contributed by atoms with Crippen LogP contribution < -0.4 is 4.72 Å². The van der Waals surface area contributed by atoms with E-state index < -0.39 is 10.0 Å². The first-order valence-corrected chi connectivity index (χ1v) is 9.61. The molecule has 8 heteroatoms. The number of nitrogens with zero attached hydrogens (tertiary/aromatic N) is 2. The van der Waals surface area contributed by atoms with E-state index >= 15 is 0 Å². The first-order valence-electron chi connectivity index (χ1n) is 8.06. The molecule has 0 spiro atoms. The molecular weight excluding hydrogens is 306 g/mol. The van der Waals surface area contributed by atoms with Gasteiger partial charge in [0, 0.05) is 39.3 Å². The van der Waals surface area contributed by atoms with E-state index in [4.69, 9.17) is 4.74 Å². The normalized spacial score (nSPS) is 21.8. The standard InChI is InChI=1S/C14H27N3O4S/c1-21-14(18)17-11-9-16(10-12-17)8-7-15-22(19,20)13-5-3-2-4-6-13/h13,15H,2-12H2,1H3. The van der Waals surface area contributed by atoms with Crippen LogP contribution in [0.5, 0.6) is 0 Å². The summed E-state index contributed by atoms with van der Waals surface area (Å²) in [5.41, 5.74) is 0. The lowest BCUT2D eigenvalue weighted by atomic mass is 10.0. The van der Waals surface area contributed by atoms with Crippen LogP contribution in [0.2, 0.25) is 0 Å². The molecule has 0 aromatic rings. The quantitative estimate of drug-likeness (QED) is 0.798. The Morgan fingerprint density at radius 1 is 1.14 bits per heavy atom. The highest BCUT2D eigenvalue weighted by Gasteiger charge is 2.27. The Hall–Kier alpha value is -0.860. The van der Waals surface area contributed by atoms with Gasteiger partial charge in [-0.3, -0.25) is 4.90 Å². The number of amides is 1. The number of hydrogen-bond acceptors (Lipinski definition) is 5. The van der Waals surface area contributed by atoms with Gasteiger partial charge in [0.15, 0.2) is 0 Å². The molecule has 1 saturated carbocycles. The van der Waals surface area contributed by atoms with Crippen molar-refractivity contribution in [2.75, 3.05) is 46.4 Å². The van der Waals surface area contributed by atoms with Crippen molar-refractivity contribution < 1.29 is 17.9 Å². The van der Waals surface area contributed by atoms with Gasteiger partial charge in [0.25, 0.3) is 0 Å². The predicted octanol–water partition coefficient (Wildman–Crippen LogP) is 0.623. The number of ether oxygens (including phenoxy) is 1. The van der Waals surface area contributed by atoms with Gasteiger partial charge in [-0.2, -0.15) is 0 Å². The fraction of sp³-hybridized carbons (Fsp3) is 0.929. The van der Waals surface area contributed by atoms with Gasteiger partial charge in [0.1, 0.15) is 0 Å². The van der Waals surface area contributed by atoms with Crippen molar-refractivity contribution in [2.24, 2.45) is 0 Å². The summed E-state index contributed by atoms with van der Waals surface area (Å²) in [6.45, 7) is 3.88. The van der Waals surface area contributed by atoms with Crippen molar-refractivity contribution in [3.05, 3.63) is 0 Å². The summed E-state index contributed by atoms with van der Waals surface area (Å²) in [6.07, 6.45) is 4.46. The molecule has 2 rings (SSSR count). The molecule has 0 unspecified atom stereocenters. The summed E-state index contributed by atoms with van der Waals surface area (Å²) in [4.78, 5) is 15.2. The molecule has 128 valence electrons. The average Bonchev–Trinajstić information content (AvgIpc) is 2.55. The van der Waals surface area contributed by atoms with Gasteiger partial charge >= 0.3 is 6.09 Å². The van der Waals surface area contributed by atoms with E-state index in [2.05, 4.69) is 9.62 Å². The monoisotopic (exact) mass is 333 g/mol. The fourth-order valence-corrected chi connectivity index (χ4v) is 4.69. The highest BCUT2D eigenvalue weighted by Crippen LogP contribution is 2.22. The Kier molecular flexibility index (Phi) is 6.46. The lowest BCUT2D eigenvalue weighted by Crippen LogP contribution is -2.50. The number of rotatable bonds is 5. The van der Waals surface area contributed by atoms with Crippen LogP contribution in [0.4, 0.5) is 4.79 Å². The maximum Gasteiger partial charge on any atom is 0.409 e. The summed E-state index contributed by atoms with van der Waals surface area (Å²) < 4.78 is 31.9. The van der Waals surface area contributed by atoms with Gasteiger partial charge in [-0.15, -0.1) is 0 Å². The third kappa shape index (κ3) is 4.82. The summed E-state index contributed by atoms with van der Waals surface area (Å²) in [6, 6.07) is 0. The summed E-state index contributed by atoms with van der Waals surface area (Å²) in [5, 5.41) is -0.211. The van der Waals surface area contributed by atoms with Gasteiger partial charge in [-0.25, -0.2) is 17.9 Å². The van der Waals surface area contributed by atoms with Crippen LogP contribution in [-0.4, -0.2) is 75.9 Å². The van der Waals surface area contributed by atoms with Crippen LogP contribution in [0.15, 0.2) is 0 Å². The lowest BCUT2D eigenvalue weighted by molar-refractivity contribution is 0.0918. The van der Waals surface area contributed by atoms with Crippen molar-refractivity contribution in [3.63, 3.8) is 0 Å². The van der Waals surface area contributed by atoms with E-state index in [0.717, 1.165) is 45.2 Å². The zero-order chi connectivity index (χ0) is 16.0. The van der Waals surface area contributed by atoms with Crippen molar-refractivity contribution in [3.8, 4) is 0 Å². The average molecular weight is 333 g/mol. The lowest BCUT2D eigenvalue weighted by Gasteiger charge is -2.33. The Morgan fingerprint density at radius 2 is 1.77 bits per heavy atom. The zero-order valence-corrected chi connectivity index (χ0v) is 14.1. The van der Waals surface area contributed by atoms with Crippen molar-refractivity contribution in [1.82, 2.24) is 14.5 Å². The van der Waals surface area contributed by atoms with Crippen LogP contribution >= 0.6 is 0 Å². The largest absolute Gasteiger partial charge is 0.453 e. The number of carbonyl (C=O) groups excluding carboxylic acids is 1. The molecule has 1 N–H and O–H groups in total. The van der Waals surface area contributed by atoms with Crippen molar-refractivity contribution >= 4 is 16.1 Å². The van der Waals surface area contributed by atoms with E-state index in [1.165, 1.54) is 7.11 Å². The molecule has 2 fully saturated rings. The van der Waals surface area contributed by atoms with Crippen LogP contribution in [0.25, 0.3) is 0 Å². The number of methoxy groups -OCH3 is 1. The SMILES string of the molecule is COC(=O)N1CCN(CCNS(=O)(=O)C2CCCCC2)CC1. The van der Waals surface area contributed by atoms with Crippen molar-refractivity contribution in [2.45, 2.75) is 37.4 Å². The van der Waals surface area contributed by atoms with Gasteiger partial charge in [-0.1, -0.05) is 19.3 Å². The number of carbonyl (C=O) groups is 1. The van der Waals surface area contributed by atoms with Crippen LogP contribution in [-0.2, 0) is 14.8 Å². The highest BCUT2D eigenvalue weighted by atomic mass is 32.2. The molecule has 1 aliphatic carbocycles. The number of nitrogens with one attached hydrogen (secondary N) is 1. The van der Waals surface area contributed by atoms with E-state index in [9.17, 15) is 13.2 Å². The third-order valence-corrected chi connectivity index (χ3v) is 6.48. The topological polar surface area (TPSA) is 79.0 Å². The van der Waals surface area contributed by atoms with Crippen LogP contribution in [0.1, 0.15) is 32.1 Å². The molecule has 1 heterocycles. The van der Waals surface area contributed by atoms with E-state index in [1.807, 2.05) is 0 Å². The van der Waals surface area contributed by atoms with Gasteiger partial charge in [0.05, 0.1) is 12.4 Å². The summed E-state index contributed by atoms with van der Waals surface area (Å²) >= 11 is 0. The summed E-state index contributed by atoms with van der Waals surface area (Å²) in [7, 11) is -1.79. The van der Waals surface area contributed by atoms with E-state index in [-0.39, 0.29) is 11.3 Å². The summed E-state index contributed by atoms with van der Waals surface area (Å²) in [5.74, 6) is 0. The van der Waals surface area contributed by atoms with Crippen molar-refractivity contribution in [1.29, 1.82) is 0 Å². The molecule has 2 aliphatic rings. The van der Waals surface area contributed by atoms with Gasteiger partial charge in [-0.05, 0) is 12.8 Å². The number of hydrogen-bond donors (Lipinski definition) is 1. The zero-order valence-electron chi connectivity index (χ0n) is 13.3. The minimum atomic E-state index is -3.17. The molecule has 22 heavy (non-hydrogen) atoms. The van der Waals surface area contributed by atoms with E-state index in [1.54, 1.807) is 4.90 Å². The van der Waals surface area contributed by atoms with Crippen LogP contribution in [0, 0.1) is 0 Å². The Bertz CT molecular complexity index is 455. The van der Waals surface area contributed by atoms with Gasteiger partial charge < -0.3 is 9.64 Å². The molecule has 0 atom stereocenters. The first-order chi connectivity index (χ1) is 10.5. The van der Waals surface area contributed by atoms with Gasteiger partial charge in [0.2, 0.25) is 10.0 Å². The highest BCUT2D eigenvalue weighted by molar-refractivity contribution is 7.90. The molecule has 7 nitrogen and oxygen atoms in total. The second kappa shape index (κ2) is 8.12. The molecule has 0 aromatic carbocycles. The molecular formula is C14H27N3O4S. The molecule has 1 amide bonds. The Morgan fingerprint density at radius 3 is 2.36 bits per heavy atom. The number of sulfonamides is 1. The maximum atomic E-state index is 12.2. The van der Waals surface area contributed by atoms with E-state index in [0.29, 0.717) is 26.2 Å². The Labute approximate surface area is 133 Å². The minimum absolute atomic E-state index is 0.211. The number of piperazine rings is 1. The molecule has 0 radical (unpaired) electrons. The second-order valence-corrected chi connectivity index (χ2v) is 8.04. The molecule has 1 aliphatic heterocycles. The maximum absolute atomic E-state index is 12.2. The minimum Gasteiger partial charge on any atom is -0.453 e. The second-order valence-electron chi connectivity index (χ2n) is 6.00. The Balaban J connectivity index is 1.67.